The maximum absolute atomic E-state index is 5.86. The van der Waals surface area contributed by atoms with E-state index in [1.807, 2.05) is 18.4 Å². The molecule has 106 valence electrons. The van der Waals surface area contributed by atoms with Crippen LogP contribution in [-0.2, 0) is 0 Å². The van der Waals surface area contributed by atoms with E-state index in [1.54, 1.807) is 18.3 Å². The van der Waals surface area contributed by atoms with E-state index in [0.717, 1.165) is 5.56 Å². The topological polar surface area (TPSA) is 64.7 Å². The molecule has 2 aromatic heterocycles. The van der Waals surface area contributed by atoms with Gasteiger partial charge in [0.15, 0.2) is 5.16 Å². The lowest BCUT2D eigenvalue weighted by atomic mass is 10.2. The van der Waals surface area contributed by atoms with Crippen molar-refractivity contribution in [2.45, 2.75) is 5.16 Å². The zero-order chi connectivity index (χ0) is 14.8. The molecule has 0 N–H and O–H groups in total. The molecule has 1 aromatic carbocycles. The van der Waals surface area contributed by atoms with Gasteiger partial charge < -0.3 is 4.42 Å². The molecule has 0 aliphatic rings. The second-order valence-corrected chi connectivity index (χ2v) is 6.04. The van der Waals surface area contributed by atoms with E-state index in [-0.39, 0.29) is 0 Å². The molecule has 3 rings (SSSR count). The van der Waals surface area contributed by atoms with Crippen molar-refractivity contribution in [1.82, 2.24) is 20.2 Å². The van der Waals surface area contributed by atoms with Crippen LogP contribution in [0.4, 0.5) is 0 Å². The summed E-state index contributed by atoms with van der Waals surface area (Å²) in [6.07, 6.45) is 3.57. The van der Waals surface area contributed by atoms with Gasteiger partial charge in [0.1, 0.15) is 5.69 Å². The second kappa shape index (κ2) is 6.13. The first-order chi connectivity index (χ1) is 10.2. The number of hydrogen-bond acceptors (Lipinski definition) is 6. The molecular formula is C13H8BrClN4OS. The molecule has 0 fully saturated rings. The van der Waals surface area contributed by atoms with Gasteiger partial charge >= 0.3 is 0 Å². The number of nitrogens with zero attached hydrogens (tertiary/aromatic N) is 4. The van der Waals surface area contributed by atoms with Crippen molar-refractivity contribution in [3.63, 3.8) is 0 Å². The van der Waals surface area contributed by atoms with Crippen LogP contribution in [0.5, 0.6) is 0 Å². The van der Waals surface area contributed by atoms with Gasteiger partial charge in [0, 0.05) is 16.8 Å². The largest absolute Gasteiger partial charge is 0.415 e. The summed E-state index contributed by atoms with van der Waals surface area (Å²) in [4.78, 5) is 8.53. The van der Waals surface area contributed by atoms with E-state index in [2.05, 4.69) is 36.1 Å². The first kappa shape index (κ1) is 14.5. The van der Waals surface area contributed by atoms with Crippen LogP contribution in [0.15, 0.2) is 44.5 Å². The van der Waals surface area contributed by atoms with E-state index >= 15 is 0 Å². The van der Waals surface area contributed by atoms with Crippen molar-refractivity contribution in [2.75, 3.05) is 6.26 Å². The molecule has 0 aliphatic carbocycles. The van der Waals surface area contributed by atoms with Crippen LogP contribution >= 0.6 is 39.3 Å². The van der Waals surface area contributed by atoms with Crippen molar-refractivity contribution < 1.29 is 4.42 Å². The van der Waals surface area contributed by atoms with Crippen LogP contribution in [-0.4, -0.2) is 26.4 Å². The Morgan fingerprint density at radius 1 is 1.14 bits per heavy atom. The fourth-order valence-corrected chi connectivity index (χ4v) is 2.45. The van der Waals surface area contributed by atoms with Gasteiger partial charge in [0.05, 0.1) is 4.47 Å². The average molecular weight is 384 g/mol. The highest BCUT2D eigenvalue weighted by Crippen LogP contribution is 2.29. The maximum Gasteiger partial charge on any atom is 0.267 e. The van der Waals surface area contributed by atoms with E-state index in [9.17, 15) is 0 Å². The van der Waals surface area contributed by atoms with Crippen LogP contribution in [0.3, 0.4) is 0 Å². The fourth-order valence-electron chi connectivity index (χ4n) is 1.63. The third-order valence-corrected chi connectivity index (χ3v) is 4.02. The summed E-state index contributed by atoms with van der Waals surface area (Å²) in [5, 5.41) is 9.38. The molecule has 0 spiro atoms. The summed E-state index contributed by atoms with van der Waals surface area (Å²) in [6, 6.07) is 7.18. The molecule has 0 unspecified atom stereocenters. The second-order valence-electron chi connectivity index (χ2n) is 3.97. The van der Waals surface area contributed by atoms with Crippen molar-refractivity contribution in [3.05, 3.63) is 40.0 Å². The molecule has 0 atom stereocenters. The fraction of sp³-hybridized carbons (Fsp3) is 0.0769. The van der Waals surface area contributed by atoms with Crippen molar-refractivity contribution in [3.8, 4) is 23.0 Å². The molecule has 21 heavy (non-hydrogen) atoms. The minimum absolute atomic E-state index is 0.338. The summed E-state index contributed by atoms with van der Waals surface area (Å²) in [5.74, 6) is 0.752. The van der Waals surface area contributed by atoms with Crippen LogP contribution in [0.25, 0.3) is 23.0 Å². The number of hydrogen-bond donors (Lipinski definition) is 0. The Labute approximate surface area is 138 Å². The van der Waals surface area contributed by atoms with Gasteiger partial charge in [-0.2, -0.15) is 0 Å². The Morgan fingerprint density at radius 3 is 2.57 bits per heavy atom. The number of benzene rings is 1. The Balaban J connectivity index is 2.00. The molecule has 0 radical (unpaired) electrons. The van der Waals surface area contributed by atoms with Gasteiger partial charge in [0.2, 0.25) is 5.89 Å². The van der Waals surface area contributed by atoms with Crippen molar-refractivity contribution in [1.29, 1.82) is 0 Å². The summed E-state index contributed by atoms with van der Waals surface area (Å²) in [5.41, 5.74) is 1.37. The Hall–Kier alpha value is -1.44. The minimum atomic E-state index is 0.338. The van der Waals surface area contributed by atoms with Crippen molar-refractivity contribution >= 4 is 39.3 Å². The van der Waals surface area contributed by atoms with E-state index in [1.165, 1.54) is 11.8 Å². The van der Waals surface area contributed by atoms with E-state index < -0.39 is 0 Å². The summed E-state index contributed by atoms with van der Waals surface area (Å²) < 4.78 is 6.38. The number of rotatable bonds is 3. The van der Waals surface area contributed by atoms with Gasteiger partial charge in [-0.15, -0.1) is 10.2 Å². The molecule has 0 aliphatic heterocycles. The Kier molecular flexibility index (Phi) is 4.23. The van der Waals surface area contributed by atoms with Gasteiger partial charge in [-0.1, -0.05) is 23.4 Å². The van der Waals surface area contributed by atoms with Crippen LogP contribution in [0.1, 0.15) is 0 Å². The Bertz CT molecular complexity index is 778. The molecule has 2 heterocycles. The lowest BCUT2D eigenvalue weighted by Crippen LogP contribution is -1.91. The third kappa shape index (κ3) is 3.09. The highest BCUT2D eigenvalue weighted by atomic mass is 79.9. The lowest BCUT2D eigenvalue weighted by molar-refractivity contribution is 0.580. The first-order valence-electron chi connectivity index (χ1n) is 5.83. The van der Waals surface area contributed by atoms with Gasteiger partial charge in [-0.25, -0.2) is 9.97 Å². The van der Waals surface area contributed by atoms with Gasteiger partial charge in [-0.3, -0.25) is 0 Å². The van der Waals surface area contributed by atoms with Crippen LogP contribution in [0, 0.1) is 0 Å². The summed E-state index contributed by atoms with van der Waals surface area (Å²) in [7, 11) is 0. The molecular weight excluding hydrogens is 376 g/mol. The van der Waals surface area contributed by atoms with Gasteiger partial charge in [0.25, 0.3) is 5.89 Å². The molecule has 5 nitrogen and oxygen atoms in total. The van der Waals surface area contributed by atoms with Crippen molar-refractivity contribution in [2.24, 2.45) is 0 Å². The number of aromatic nitrogens is 4. The molecule has 0 amide bonds. The number of thioether (sulfide) groups is 1. The monoisotopic (exact) mass is 382 g/mol. The normalized spacial score (nSPS) is 10.8. The molecule has 8 heteroatoms. The minimum Gasteiger partial charge on any atom is -0.415 e. The summed E-state index contributed by atoms with van der Waals surface area (Å²) in [6.45, 7) is 0. The first-order valence-corrected chi connectivity index (χ1v) is 8.23. The lowest BCUT2D eigenvalue weighted by Gasteiger charge is -2.00. The average Bonchev–Trinajstić information content (AvgIpc) is 2.98. The summed E-state index contributed by atoms with van der Waals surface area (Å²) >= 11 is 10.7. The molecule has 3 aromatic rings. The zero-order valence-corrected chi connectivity index (χ0v) is 13.9. The molecule has 0 saturated carbocycles. The van der Waals surface area contributed by atoms with Crippen LogP contribution < -0.4 is 0 Å². The van der Waals surface area contributed by atoms with E-state index in [4.69, 9.17) is 16.0 Å². The van der Waals surface area contributed by atoms with Crippen LogP contribution in [0.2, 0.25) is 5.02 Å². The predicted molar refractivity (Wildman–Crippen MR) is 85.3 cm³/mol. The SMILES string of the molecule is CSc1ncc(Br)c(-c2nnc(-c3ccc(Cl)cc3)o2)n1. The predicted octanol–water partition coefficient (Wildman–Crippen LogP) is 4.33. The maximum atomic E-state index is 5.86. The van der Waals surface area contributed by atoms with E-state index in [0.29, 0.717) is 32.1 Å². The smallest absolute Gasteiger partial charge is 0.267 e. The standard InChI is InChI=1S/C13H8BrClN4OS/c1-21-13-16-6-9(14)10(17-13)12-19-18-11(20-12)7-2-4-8(15)5-3-7/h2-6H,1H3. The Morgan fingerprint density at radius 2 is 1.86 bits per heavy atom. The third-order valence-electron chi connectivity index (χ3n) is 2.62. The molecule has 0 bridgehead atoms. The quantitative estimate of drug-likeness (QED) is 0.495. The zero-order valence-electron chi connectivity index (χ0n) is 10.7. The molecule has 0 saturated heterocycles. The highest BCUT2D eigenvalue weighted by molar-refractivity contribution is 9.10. The number of halogens is 2. The highest BCUT2D eigenvalue weighted by Gasteiger charge is 2.15. The van der Waals surface area contributed by atoms with Gasteiger partial charge in [-0.05, 0) is 46.5 Å².